The van der Waals surface area contributed by atoms with E-state index in [-0.39, 0.29) is 5.92 Å². The van der Waals surface area contributed by atoms with Gasteiger partial charge in [0, 0.05) is 6.04 Å². The van der Waals surface area contributed by atoms with E-state index in [2.05, 4.69) is 0 Å². The van der Waals surface area contributed by atoms with Crippen LogP contribution in [0.1, 0.15) is 20.3 Å². The number of halogens is 3. The Morgan fingerprint density at radius 2 is 1.67 bits per heavy atom. The van der Waals surface area contributed by atoms with Gasteiger partial charge < -0.3 is 0 Å². The van der Waals surface area contributed by atoms with E-state index in [1.54, 1.807) is 13.8 Å². The molecule has 56 valence electrons. The lowest BCUT2D eigenvalue weighted by Crippen LogP contribution is -2.14. The van der Waals surface area contributed by atoms with Gasteiger partial charge in [0.1, 0.15) is 0 Å². The first kappa shape index (κ1) is 9.01. The molecular formula is C5H11F3Si. The second-order valence-corrected chi connectivity index (χ2v) is 4.28. The summed E-state index contributed by atoms with van der Waals surface area (Å²) < 4.78 is 34.7. The minimum atomic E-state index is -5.22. The van der Waals surface area contributed by atoms with E-state index in [1.165, 1.54) is 0 Å². The normalized spacial score (nSPS) is 12.7. The first-order valence-corrected chi connectivity index (χ1v) is 4.82. The van der Waals surface area contributed by atoms with Gasteiger partial charge in [-0.3, -0.25) is 0 Å². The molecule has 0 N–H and O–H groups in total. The summed E-state index contributed by atoms with van der Waals surface area (Å²) in [5.41, 5.74) is 0. The van der Waals surface area contributed by atoms with Crippen LogP contribution in [0.15, 0.2) is 0 Å². The zero-order chi connectivity index (χ0) is 7.49. The van der Waals surface area contributed by atoms with Gasteiger partial charge in [0.15, 0.2) is 0 Å². The van der Waals surface area contributed by atoms with Crippen LogP contribution in [0, 0.1) is 5.92 Å². The molecule has 0 bridgehead atoms. The second-order valence-electron chi connectivity index (χ2n) is 2.55. The van der Waals surface area contributed by atoms with Gasteiger partial charge in [-0.05, 0) is 12.3 Å². The maximum absolute atomic E-state index is 11.6. The molecule has 0 aliphatic heterocycles. The fourth-order valence-corrected chi connectivity index (χ4v) is 1.36. The lowest BCUT2D eigenvalue weighted by atomic mass is 10.2. The zero-order valence-electron chi connectivity index (χ0n) is 5.63. The SMILES string of the molecule is CC(C)CC[Si](F)(F)F. The summed E-state index contributed by atoms with van der Waals surface area (Å²) in [6.07, 6.45) is 0.301. The maximum Gasteiger partial charge on any atom is 0.616 e. The Hall–Kier alpha value is 0.00688. The molecule has 0 heterocycles. The van der Waals surface area contributed by atoms with E-state index in [9.17, 15) is 12.3 Å². The van der Waals surface area contributed by atoms with Gasteiger partial charge >= 0.3 is 9.08 Å². The third-order valence-electron chi connectivity index (χ3n) is 1.01. The molecule has 0 nitrogen and oxygen atoms in total. The average Bonchev–Trinajstić information content (AvgIpc) is 1.59. The van der Waals surface area contributed by atoms with Crippen LogP contribution in [0.3, 0.4) is 0 Å². The van der Waals surface area contributed by atoms with Gasteiger partial charge in [0.05, 0.1) is 0 Å². The summed E-state index contributed by atoms with van der Waals surface area (Å²) in [5, 5.41) is 0. The summed E-state index contributed by atoms with van der Waals surface area (Å²) in [5.74, 6) is 0.180. The topological polar surface area (TPSA) is 0 Å². The molecule has 0 unspecified atom stereocenters. The minimum Gasteiger partial charge on any atom is -0.238 e. The molecule has 0 aromatic carbocycles. The van der Waals surface area contributed by atoms with Crippen LogP contribution in [0.4, 0.5) is 12.3 Å². The summed E-state index contributed by atoms with van der Waals surface area (Å²) in [6, 6.07) is -0.509. The van der Waals surface area contributed by atoms with Gasteiger partial charge in [0.25, 0.3) is 0 Å². The van der Waals surface area contributed by atoms with Crippen molar-refractivity contribution in [2.24, 2.45) is 5.92 Å². The summed E-state index contributed by atoms with van der Waals surface area (Å²) in [6.45, 7) is 3.61. The van der Waals surface area contributed by atoms with E-state index < -0.39 is 15.1 Å². The van der Waals surface area contributed by atoms with Crippen molar-refractivity contribution < 1.29 is 12.3 Å². The lowest BCUT2D eigenvalue weighted by molar-refractivity contribution is 0.449. The van der Waals surface area contributed by atoms with Gasteiger partial charge in [-0.25, -0.2) is 12.3 Å². The van der Waals surface area contributed by atoms with Crippen molar-refractivity contribution >= 4 is 9.08 Å². The molecule has 0 aliphatic rings. The smallest absolute Gasteiger partial charge is 0.238 e. The average molecular weight is 156 g/mol. The first-order chi connectivity index (χ1) is 3.92. The molecule has 4 heteroatoms. The van der Waals surface area contributed by atoms with Crippen LogP contribution in [0.2, 0.25) is 6.04 Å². The minimum absolute atomic E-state index is 0.180. The number of hydrogen-bond donors (Lipinski definition) is 0. The maximum atomic E-state index is 11.6. The molecule has 0 aliphatic carbocycles. The molecule has 0 saturated carbocycles. The van der Waals surface area contributed by atoms with Crippen molar-refractivity contribution in [2.75, 3.05) is 0 Å². The monoisotopic (exact) mass is 156 g/mol. The van der Waals surface area contributed by atoms with Crippen molar-refractivity contribution in [3.05, 3.63) is 0 Å². The molecule has 0 rings (SSSR count). The van der Waals surface area contributed by atoms with E-state index in [4.69, 9.17) is 0 Å². The van der Waals surface area contributed by atoms with Crippen molar-refractivity contribution in [3.8, 4) is 0 Å². The molecular weight excluding hydrogens is 145 g/mol. The van der Waals surface area contributed by atoms with Crippen LogP contribution in [-0.4, -0.2) is 9.08 Å². The molecule has 0 amide bonds. The highest BCUT2D eigenvalue weighted by molar-refractivity contribution is 6.58. The molecule has 0 aromatic rings. The number of hydrogen-bond acceptors (Lipinski definition) is 0. The van der Waals surface area contributed by atoms with Gasteiger partial charge in [-0.1, -0.05) is 13.8 Å². The van der Waals surface area contributed by atoms with E-state index in [0.29, 0.717) is 6.42 Å². The van der Waals surface area contributed by atoms with Crippen molar-refractivity contribution in [1.29, 1.82) is 0 Å². The predicted molar refractivity (Wildman–Crippen MR) is 33.3 cm³/mol. The van der Waals surface area contributed by atoms with Crippen molar-refractivity contribution in [2.45, 2.75) is 26.3 Å². The van der Waals surface area contributed by atoms with E-state index in [0.717, 1.165) is 0 Å². The highest BCUT2D eigenvalue weighted by Gasteiger charge is 2.35. The molecule has 0 fully saturated rings. The van der Waals surface area contributed by atoms with E-state index in [1.807, 2.05) is 0 Å². The standard InChI is InChI=1S/C5H11F3Si/c1-5(2)3-4-9(6,7)8/h5H,3-4H2,1-2H3. The summed E-state index contributed by atoms with van der Waals surface area (Å²) in [4.78, 5) is 0. The van der Waals surface area contributed by atoms with Crippen LogP contribution < -0.4 is 0 Å². The Balaban J connectivity index is 3.28. The Bertz CT molecular complexity index is 76.8. The molecule has 0 spiro atoms. The quantitative estimate of drug-likeness (QED) is 0.435. The highest BCUT2D eigenvalue weighted by atomic mass is 28.5. The van der Waals surface area contributed by atoms with Crippen LogP contribution in [0.5, 0.6) is 0 Å². The fraction of sp³-hybridized carbons (Fsp3) is 1.00. The predicted octanol–water partition coefficient (Wildman–Crippen LogP) is 2.88. The molecule has 0 saturated heterocycles. The first-order valence-electron chi connectivity index (χ1n) is 2.98. The second kappa shape index (κ2) is 3.24. The van der Waals surface area contributed by atoms with Gasteiger partial charge in [-0.2, -0.15) is 0 Å². The summed E-state index contributed by atoms with van der Waals surface area (Å²) >= 11 is 0. The van der Waals surface area contributed by atoms with Crippen LogP contribution in [0.25, 0.3) is 0 Å². The highest BCUT2D eigenvalue weighted by Crippen LogP contribution is 2.19. The largest absolute Gasteiger partial charge is 0.616 e. The third kappa shape index (κ3) is 8.01. The molecule has 0 aromatic heterocycles. The Kier molecular flexibility index (Phi) is 3.25. The van der Waals surface area contributed by atoms with Crippen molar-refractivity contribution in [1.82, 2.24) is 0 Å². The van der Waals surface area contributed by atoms with Crippen molar-refractivity contribution in [3.63, 3.8) is 0 Å². The van der Waals surface area contributed by atoms with Gasteiger partial charge in [-0.15, -0.1) is 0 Å². The Morgan fingerprint density at radius 3 is 1.78 bits per heavy atom. The molecule has 0 atom stereocenters. The molecule has 9 heavy (non-hydrogen) atoms. The molecule has 0 radical (unpaired) electrons. The lowest BCUT2D eigenvalue weighted by Gasteiger charge is -2.03. The van der Waals surface area contributed by atoms with E-state index >= 15 is 0 Å². The van der Waals surface area contributed by atoms with Gasteiger partial charge in [0.2, 0.25) is 0 Å². The van der Waals surface area contributed by atoms with Crippen LogP contribution >= 0.6 is 0 Å². The van der Waals surface area contributed by atoms with Crippen LogP contribution in [-0.2, 0) is 0 Å². The Morgan fingerprint density at radius 1 is 1.22 bits per heavy atom. The summed E-state index contributed by atoms with van der Waals surface area (Å²) in [7, 11) is -5.22. The fourth-order valence-electron chi connectivity index (χ4n) is 0.452. The zero-order valence-corrected chi connectivity index (χ0v) is 6.63. The Labute approximate surface area is 54.6 Å². The number of rotatable bonds is 3. The third-order valence-corrected chi connectivity index (χ3v) is 1.86.